The number of carboxylic acids is 2. The summed E-state index contributed by atoms with van der Waals surface area (Å²) in [6.07, 6.45) is 3.32. The van der Waals surface area contributed by atoms with Gasteiger partial charge in [-0.3, -0.25) is 9.97 Å². The first-order valence-electron chi connectivity index (χ1n) is 21.4. The summed E-state index contributed by atoms with van der Waals surface area (Å²) in [5.74, 6) is 2.57. The Bertz CT molecular complexity index is 2810. The van der Waals surface area contributed by atoms with Crippen LogP contribution in [0.3, 0.4) is 0 Å². The molecule has 0 radical (unpaired) electrons. The Morgan fingerprint density at radius 2 is 0.779 bits per heavy atom. The zero-order chi connectivity index (χ0) is 47.8. The van der Waals surface area contributed by atoms with E-state index in [1.165, 1.54) is 0 Å². The SMILES string of the molecule is COCCOc1cc2nccc(Oc3ccc4c(C(=O)O)cccc4c3)c2cc1OCCOC.COCCOc1cc2nccc(Oc3ccc4c(C(=O)O)cccc4c3)c2cc1OCCOC. The summed E-state index contributed by atoms with van der Waals surface area (Å²) in [5, 5.41) is 23.2. The number of hydrogen-bond donors (Lipinski definition) is 2. The van der Waals surface area contributed by atoms with Crippen molar-refractivity contribution in [1.82, 2.24) is 9.97 Å². The fraction of sp³-hybridized carbons (Fsp3) is 0.231. The molecule has 2 N–H and O–H groups in total. The molecule has 2 aromatic heterocycles. The lowest BCUT2D eigenvalue weighted by Crippen LogP contribution is -2.08. The normalized spacial score (nSPS) is 11.0. The second kappa shape index (κ2) is 23.6. The van der Waals surface area contributed by atoms with Crippen molar-refractivity contribution in [3.8, 4) is 46.0 Å². The van der Waals surface area contributed by atoms with E-state index in [0.29, 0.717) is 121 Å². The van der Waals surface area contributed by atoms with Gasteiger partial charge in [0.15, 0.2) is 23.0 Å². The van der Waals surface area contributed by atoms with Crippen LogP contribution in [0.5, 0.6) is 46.0 Å². The van der Waals surface area contributed by atoms with E-state index in [9.17, 15) is 19.8 Å². The van der Waals surface area contributed by atoms with E-state index < -0.39 is 11.9 Å². The molecule has 0 saturated carbocycles. The molecule has 6 aromatic carbocycles. The summed E-state index contributed by atoms with van der Waals surface area (Å²) in [4.78, 5) is 31.9. The summed E-state index contributed by atoms with van der Waals surface area (Å²) in [6.45, 7) is 3.20. The summed E-state index contributed by atoms with van der Waals surface area (Å²) in [7, 11) is 6.44. The Kier molecular flexibility index (Phi) is 16.7. The van der Waals surface area contributed by atoms with Gasteiger partial charge in [-0.15, -0.1) is 0 Å². The van der Waals surface area contributed by atoms with Gasteiger partial charge >= 0.3 is 11.9 Å². The molecule has 16 heteroatoms. The molecule has 0 amide bonds. The molecule has 8 aromatic rings. The first-order valence-corrected chi connectivity index (χ1v) is 21.4. The Balaban J connectivity index is 0.000000201. The van der Waals surface area contributed by atoms with E-state index in [1.807, 2.05) is 36.4 Å². The van der Waals surface area contributed by atoms with Crippen molar-refractivity contribution in [3.63, 3.8) is 0 Å². The van der Waals surface area contributed by atoms with Crippen molar-refractivity contribution >= 4 is 55.3 Å². The van der Waals surface area contributed by atoms with Crippen LogP contribution in [-0.4, -0.2) is 113 Å². The van der Waals surface area contributed by atoms with Gasteiger partial charge in [0.25, 0.3) is 0 Å². The van der Waals surface area contributed by atoms with Gasteiger partial charge in [0.1, 0.15) is 49.4 Å². The van der Waals surface area contributed by atoms with Gasteiger partial charge < -0.3 is 57.6 Å². The topological polar surface area (TPSA) is 193 Å². The molecule has 0 fully saturated rings. The quantitative estimate of drug-likeness (QED) is 0.0610. The van der Waals surface area contributed by atoms with Gasteiger partial charge in [-0.25, -0.2) is 9.59 Å². The highest BCUT2D eigenvalue weighted by atomic mass is 16.6. The van der Waals surface area contributed by atoms with Crippen LogP contribution < -0.4 is 28.4 Å². The van der Waals surface area contributed by atoms with Crippen LogP contribution in [0.15, 0.2) is 122 Å². The molecule has 0 aliphatic carbocycles. The number of carboxylic acid groups (broad SMARTS) is 2. The van der Waals surface area contributed by atoms with E-state index in [2.05, 4.69) is 9.97 Å². The first-order chi connectivity index (χ1) is 33.2. The predicted octanol–water partition coefficient (Wildman–Crippen LogP) is 9.86. The fourth-order valence-electron chi connectivity index (χ4n) is 7.10. The highest BCUT2D eigenvalue weighted by molar-refractivity contribution is 6.05. The third kappa shape index (κ3) is 12.0. The molecule has 0 bridgehead atoms. The summed E-state index contributed by atoms with van der Waals surface area (Å²) in [6, 6.07) is 31.7. The third-order valence-corrected chi connectivity index (χ3v) is 10.3. The van der Waals surface area contributed by atoms with Crippen molar-refractivity contribution in [1.29, 1.82) is 0 Å². The van der Waals surface area contributed by atoms with Crippen LogP contribution >= 0.6 is 0 Å². The number of benzene rings is 6. The Hall–Kier alpha value is -7.76. The van der Waals surface area contributed by atoms with E-state index in [1.54, 1.807) is 114 Å². The second-order valence-corrected chi connectivity index (χ2v) is 14.8. The second-order valence-electron chi connectivity index (χ2n) is 14.8. The minimum Gasteiger partial charge on any atom is -0.487 e. The molecular weight excluding hydrogens is 877 g/mol. The molecule has 68 heavy (non-hydrogen) atoms. The van der Waals surface area contributed by atoms with Crippen LogP contribution in [0.2, 0.25) is 0 Å². The average Bonchev–Trinajstić information content (AvgIpc) is 3.34. The number of carbonyl (C=O) groups is 2. The molecule has 352 valence electrons. The van der Waals surface area contributed by atoms with E-state index >= 15 is 0 Å². The van der Waals surface area contributed by atoms with Crippen molar-refractivity contribution in [2.75, 3.05) is 81.3 Å². The summed E-state index contributed by atoms with van der Waals surface area (Å²) >= 11 is 0. The van der Waals surface area contributed by atoms with Crippen molar-refractivity contribution in [3.05, 3.63) is 133 Å². The molecule has 2 heterocycles. The van der Waals surface area contributed by atoms with Gasteiger partial charge in [0.2, 0.25) is 0 Å². The number of aromatic nitrogens is 2. The maximum absolute atomic E-state index is 11.5. The predicted molar refractivity (Wildman–Crippen MR) is 255 cm³/mol. The van der Waals surface area contributed by atoms with Crippen LogP contribution in [0.4, 0.5) is 0 Å². The monoisotopic (exact) mass is 926 g/mol. The van der Waals surface area contributed by atoms with Gasteiger partial charge in [-0.05, 0) is 94.3 Å². The molecule has 0 aliphatic rings. The third-order valence-electron chi connectivity index (χ3n) is 10.3. The number of hydrogen-bond acceptors (Lipinski definition) is 14. The molecule has 16 nitrogen and oxygen atoms in total. The van der Waals surface area contributed by atoms with Gasteiger partial charge in [0, 0.05) is 63.7 Å². The van der Waals surface area contributed by atoms with Gasteiger partial charge in [-0.2, -0.15) is 0 Å². The number of rotatable bonds is 22. The first kappa shape index (κ1) is 48.2. The zero-order valence-corrected chi connectivity index (χ0v) is 37.9. The van der Waals surface area contributed by atoms with Gasteiger partial charge in [-0.1, -0.05) is 24.3 Å². The van der Waals surface area contributed by atoms with Crippen LogP contribution in [0.25, 0.3) is 43.4 Å². The van der Waals surface area contributed by atoms with Crippen LogP contribution in [0.1, 0.15) is 20.7 Å². The minimum absolute atomic E-state index is 0.247. The maximum Gasteiger partial charge on any atom is 0.336 e. The molecule has 0 spiro atoms. The number of methoxy groups -OCH3 is 4. The van der Waals surface area contributed by atoms with E-state index in [4.69, 9.17) is 47.4 Å². The van der Waals surface area contributed by atoms with Crippen LogP contribution in [0, 0.1) is 0 Å². The number of aromatic carboxylic acids is 2. The Labute approximate surface area is 391 Å². The average molecular weight is 927 g/mol. The molecule has 8 rings (SSSR count). The van der Waals surface area contributed by atoms with E-state index in [-0.39, 0.29) is 11.1 Å². The van der Waals surface area contributed by atoms with Gasteiger partial charge in [0.05, 0.1) is 48.6 Å². The molecule has 0 atom stereocenters. The lowest BCUT2D eigenvalue weighted by Gasteiger charge is -2.15. The highest BCUT2D eigenvalue weighted by Crippen LogP contribution is 2.40. The fourth-order valence-corrected chi connectivity index (χ4v) is 7.10. The Morgan fingerprint density at radius 1 is 0.412 bits per heavy atom. The number of ether oxygens (including phenoxy) is 10. The Morgan fingerprint density at radius 3 is 1.13 bits per heavy atom. The summed E-state index contributed by atoms with van der Waals surface area (Å²) < 4.78 is 56.1. The minimum atomic E-state index is -0.969. The van der Waals surface area contributed by atoms with Crippen molar-refractivity contribution < 1.29 is 67.2 Å². The van der Waals surface area contributed by atoms with E-state index in [0.717, 1.165) is 21.5 Å². The van der Waals surface area contributed by atoms with Crippen LogP contribution in [-0.2, 0) is 18.9 Å². The van der Waals surface area contributed by atoms with Crippen molar-refractivity contribution in [2.24, 2.45) is 0 Å². The molecule has 0 aliphatic heterocycles. The number of fused-ring (bicyclic) bond motifs is 4. The standard InChI is InChI=1S/2C26H25NO7/c2*1-30-10-12-32-24-15-21-22(16-25(24)33-13-11-31-2)27-9-8-23(21)34-18-6-7-19-17(14-18)4-3-5-20(19)26(28)29/h2*3-9,14-16H,10-13H2,1-2H3,(H,28,29). The molecule has 0 saturated heterocycles. The zero-order valence-electron chi connectivity index (χ0n) is 37.9. The number of pyridine rings is 2. The molecule has 0 unspecified atom stereocenters. The van der Waals surface area contributed by atoms with Crippen molar-refractivity contribution in [2.45, 2.75) is 0 Å². The highest BCUT2D eigenvalue weighted by Gasteiger charge is 2.17. The largest absolute Gasteiger partial charge is 0.487 e. The lowest BCUT2D eigenvalue weighted by atomic mass is 10.0. The number of nitrogens with zero attached hydrogens (tertiary/aromatic N) is 2. The maximum atomic E-state index is 11.5. The smallest absolute Gasteiger partial charge is 0.336 e. The summed E-state index contributed by atoms with van der Waals surface area (Å²) in [5.41, 5.74) is 1.85. The lowest BCUT2D eigenvalue weighted by molar-refractivity contribution is 0.0688. The molecular formula is C52H50N2O14.